The van der Waals surface area contributed by atoms with Gasteiger partial charge >= 0.3 is 0 Å². The van der Waals surface area contributed by atoms with Crippen molar-refractivity contribution in [1.29, 1.82) is 0 Å². The number of rotatable bonds is 4. The number of Topliss-reactive ketones (excluding diaryl/α,β-unsaturated/α-hetero) is 2. The molecule has 0 heterocycles. The Kier molecular flexibility index (Phi) is 6.68. The topological polar surface area (TPSA) is 43.4 Å². The Labute approximate surface area is 165 Å². The first-order valence-electron chi connectivity index (χ1n) is 11.9. The molecular formula is C24H38O3. The van der Waals surface area contributed by atoms with Gasteiger partial charge in [-0.3, -0.25) is 9.59 Å². The molecule has 4 aliphatic carbocycles. The van der Waals surface area contributed by atoms with E-state index in [9.17, 15) is 9.59 Å². The van der Waals surface area contributed by atoms with Gasteiger partial charge in [-0.1, -0.05) is 0 Å². The van der Waals surface area contributed by atoms with Gasteiger partial charge in [0.15, 0.2) is 0 Å². The first-order valence-corrected chi connectivity index (χ1v) is 11.9. The Hall–Kier alpha value is -0.700. The number of hydrogen-bond acceptors (Lipinski definition) is 3. The molecule has 4 aliphatic rings. The van der Waals surface area contributed by atoms with Crippen molar-refractivity contribution in [1.82, 2.24) is 0 Å². The van der Waals surface area contributed by atoms with Crippen molar-refractivity contribution < 1.29 is 14.3 Å². The predicted octanol–water partition coefficient (Wildman–Crippen LogP) is 5.64. The largest absolute Gasteiger partial charge is 0.375 e. The summed E-state index contributed by atoms with van der Waals surface area (Å²) in [6.07, 6.45) is 19.1. The van der Waals surface area contributed by atoms with Gasteiger partial charge in [0.2, 0.25) is 0 Å². The fourth-order valence-corrected chi connectivity index (χ4v) is 6.53. The van der Waals surface area contributed by atoms with Crippen molar-refractivity contribution in [3.63, 3.8) is 0 Å². The zero-order valence-electron chi connectivity index (χ0n) is 17.0. The lowest BCUT2D eigenvalue weighted by Gasteiger charge is -2.39. The minimum Gasteiger partial charge on any atom is -0.375 e. The molecule has 0 saturated heterocycles. The standard InChI is InChI=1S/C24H38O3/c25-21-9-1-17(2-10-21)19-5-13-23(14-6-19)27-24-15-7-20(8-16-24)18-3-11-22(26)12-4-18/h17-20,23-24H,1-16H2. The zero-order valence-corrected chi connectivity index (χ0v) is 17.0. The lowest BCUT2D eigenvalue weighted by molar-refractivity contribution is -0.122. The monoisotopic (exact) mass is 374 g/mol. The van der Waals surface area contributed by atoms with Crippen molar-refractivity contribution in [2.24, 2.45) is 23.7 Å². The molecule has 0 aromatic heterocycles. The van der Waals surface area contributed by atoms with Crippen LogP contribution in [0.4, 0.5) is 0 Å². The molecule has 152 valence electrons. The second-order valence-electron chi connectivity index (χ2n) is 9.96. The van der Waals surface area contributed by atoms with E-state index in [4.69, 9.17) is 4.74 Å². The van der Waals surface area contributed by atoms with E-state index in [1.807, 2.05) is 0 Å². The second kappa shape index (κ2) is 9.20. The Morgan fingerprint density at radius 3 is 1.07 bits per heavy atom. The van der Waals surface area contributed by atoms with Crippen LogP contribution in [0.15, 0.2) is 0 Å². The summed E-state index contributed by atoms with van der Waals surface area (Å²) in [5, 5.41) is 0. The lowest BCUT2D eigenvalue weighted by atomic mass is 9.72. The molecule has 27 heavy (non-hydrogen) atoms. The Morgan fingerprint density at radius 2 is 0.741 bits per heavy atom. The Bertz CT molecular complexity index is 446. The minimum absolute atomic E-state index is 0.485. The van der Waals surface area contributed by atoms with Crippen LogP contribution in [0.1, 0.15) is 103 Å². The van der Waals surface area contributed by atoms with Crippen molar-refractivity contribution >= 4 is 11.6 Å². The van der Waals surface area contributed by atoms with E-state index in [-0.39, 0.29) is 0 Å². The van der Waals surface area contributed by atoms with Gasteiger partial charge in [-0.25, -0.2) is 0 Å². The summed E-state index contributed by atoms with van der Waals surface area (Å²) in [6.45, 7) is 0. The highest BCUT2D eigenvalue weighted by atomic mass is 16.5. The highest BCUT2D eigenvalue weighted by Crippen LogP contribution is 2.41. The van der Waals surface area contributed by atoms with Gasteiger partial charge < -0.3 is 4.74 Å². The maximum Gasteiger partial charge on any atom is 0.132 e. The second-order valence-corrected chi connectivity index (χ2v) is 9.96. The average Bonchev–Trinajstić information content (AvgIpc) is 2.71. The number of carbonyl (C=O) groups excluding carboxylic acids is 2. The van der Waals surface area contributed by atoms with Gasteiger partial charge in [-0.05, 0) is 101 Å². The highest BCUT2D eigenvalue weighted by molar-refractivity contribution is 5.79. The number of ketones is 2. The molecule has 0 radical (unpaired) electrons. The van der Waals surface area contributed by atoms with Gasteiger partial charge in [0.25, 0.3) is 0 Å². The van der Waals surface area contributed by atoms with E-state index >= 15 is 0 Å². The van der Waals surface area contributed by atoms with Crippen LogP contribution >= 0.6 is 0 Å². The molecule has 0 spiro atoms. The van der Waals surface area contributed by atoms with Crippen molar-refractivity contribution in [3.8, 4) is 0 Å². The van der Waals surface area contributed by atoms with E-state index in [2.05, 4.69) is 0 Å². The van der Waals surface area contributed by atoms with Crippen molar-refractivity contribution in [3.05, 3.63) is 0 Å². The average molecular weight is 375 g/mol. The molecule has 0 unspecified atom stereocenters. The van der Waals surface area contributed by atoms with Crippen molar-refractivity contribution in [2.45, 2.75) is 115 Å². The van der Waals surface area contributed by atoms with E-state index in [0.717, 1.165) is 75.0 Å². The smallest absolute Gasteiger partial charge is 0.132 e. The Balaban J connectivity index is 1.14. The fourth-order valence-electron chi connectivity index (χ4n) is 6.53. The summed E-state index contributed by atoms with van der Waals surface area (Å²) in [5.74, 6) is 4.28. The molecule has 4 saturated carbocycles. The predicted molar refractivity (Wildman–Crippen MR) is 107 cm³/mol. The summed E-state index contributed by atoms with van der Waals surface area (Å²) in [5.41, 5.74) is 0. The molecule has 3 heteroatoms. The molecule has 0 amide bonds. The molecule has 4 fully saturated rings. The zero-order chi connectivity index (χ0) is 18.6. The molecular weight excluding hydrogens is 336 g/mol. The van der Waals surface area contributed by atoms with Crippen LogP contribution in [0.25, 0.3) is 0 Å². The molecule has 4 rings (SSSR count). The molecule has 0 bridgehead atoms. The number of carbonyl (C=O) groups is 2. The summed E-state index contributed by atoms with van der Waals surface area (Å²) < 4.78 is 6.53. The van der Waals surface area contributed by atoms with Gasteiger partial charge in [-0.2, -0.15) is 0 Å². The van der Waals surface area contributed by atoms with Gasteiger partial charge in [0, 0.05) is 25.7 Å². The third-order valence-electron chi connectivity index (χ3n) is 8.33. The molecule has 0 N–H and O–H groups in total. The third-order valence-corrected chi connectivity index (χ3v) is 8.33. The molecule has 0 atom stereocenters. The molecule has 3 nitrogen and oxygen atoms in total. The summed E-state index contributed by atoms with van der Waals surface area (Å²) in [4.78, 5) is 22.9. The summed E-state index contributed by atoms with van der Waals surface area (Å²) >= 11 is 0. The van der Waals surface area contributed by atoms with Crippen LogP contribution in [0, 0.1) is 23.7 Å². The Morgan fingerprint density at radius 1 is 0.444 bits per heavy atom. The first kappa shape index (κ1) is 19.6. The normalized spacial score (nSPS) is 37.5. The van der Waals surface area contributed by atoms with E-state index < -0.39 is 0 Å². The first-order chi connectivity index (χ1) is 13.2. The van der Waals surface area contributed by atoms with Crippen LogP contribution in [0.5, 0.6) is 0 Å². The SMILES string of the molecule is O=C1CCC(C2CCC(OC3CCC(C4CCC(=O)CC4)CC3)CC2)CC1. The van der Waals surface area contributed by atoms with Gasteiger partial charge in [0.1, 0.15) is 11.6 Å². The highest BCUT2D eigenvalue weighted by Gasteiger charge is 2.34. The number of ether oxygens (including phenoxy) is 1. The van der Waals surface area contributed by atoms with Crippen LogP contribution in [-0.2, 0) is 14.3 Å². The van der Waals surface area contributed by atoms with Crippen LogP contribution in [-0.4, -0.2) is 23.8 Å². The minimum atomic E-state index is 0.485. The van der Waals surface area contributed by atoms with E-state index in [1.54, 1.807) is 0 Å². The summed E-state index contributed by atoms with van der Waals surface area (Å²) in [6, 6.07) is 0. The van der Waals surface area contributed by atoms with Gasteiger partial charge in [0.05, 0.1) is 12.2 Å². The van der Waals surface area contributed by atoms with E-state index in [0.29, 0.717) is 23.8 Å². The van der Waals surface area contributed by atoms with Crippen molar-refractivity contribution in [2.75, 3.05) is 0 Å². The molecule has 0 aromatic rings. The molecule has 0 aliphatic heterocycles. The maximum atomic E-state index is 11.5. The third kappa shape index (κ3) is 5.22. The van der Waals surface area contributed by atoms with Crippen LogP contribution in [0.3, 0.4) is 0 Å². The van der Waals surface area contributed by atoms with Crippen LogP contribution in [0.2, 0.25) is 0 Å². The van der Waals surface area contributed by atoms with Gasteiger partial charge in [-0.15, -0.1) is 0 Å². The van der Waals surface area contributed by atoms with Crippen LogP contribution < -0.4 is 0 Å². The van der Waals surface area contributed by atoms with E-state index in [1.165, 1.54) is 51.4 Å². The summed E-state index contributed by atoms with van der Waals surface area (Å²) in [7, 11) is 0. The fraction of sp³-hybridized carbons (Fsp3) is 0.917. The maximum absolute atomic E-state index is 11.5. The quantitative estimate of drug-likeness (QED) is 0.639. The molecule has 0 aromatic carbocycles. The number of hydrogen-bond donors (Lipinski definition) is 0. The lowest BCUT2D eigenvalue weighted by Crippen LogP contribution is -2.33.